The number of sulfonamides is 1. The smallest absolute Gasteiger partial charge is 0.257 e. The summed E-state index contributed by atoms with van der Waals surface area (Å²) in [6.07, 6.45) is 0. The first-order valence-electron chi connectivity index (χ1n) is 6.79. The van der Waals surface area contributed by atoms with Crippen LogP contribution in [0, 0.1) is 0 Å². The molecular formula is C15H14ClN3O4S2. The van der Waals surface area contributed by atoms with Crippen molar-refractivity contribution in [3.63, 3.8) is 0 Å². The lowest BCUT2D eigenvalue weighted by Crippen LogP contribution is -2.34. The third-order valence-electron chi connectivity index (χ3n) is 3.08. The van der Waals surface area contributed by atoms with Gasteiger partial charge in [0.25, 0.3) is 5.91 Å². The van der Waals surface area contributed by atoms with E-state index in [2.05, 4.69) is 10.6 Å². The molecule has 2 aromatic rings. The molecule has 2 aromatic carbocycles. The zero-order chi connectivity index (χ0) is 18.6. The standard InChI is InChI=1S/C15H14ClN3O4S2/c1-23-13-7-2-9(8-12(13)16)14(20)19-15(24)18-10-3-5-11(6-4-10)25(17,21)22/h2-8H,1H3,(H2,17,21,22)(H2,18,19,20,24). The Balaban J connectivity index is 2.02. The Bertz CT molecular complexity index is 915. The number of rotatable bonds is 4. The Kier molecular flexibility index (Phi) is 5.96. The Hall–Kier alpha value is -2.20. The van der Waals surface area contributed by atoms with E-state index in [0.717, 1.165) is 0 Å². The Morgan fingerprint density at radius 3 is 2.36 bits per heavy atom. The summed E-state index contributed by atoms with van der Waals surface area (Å²) in [6, 6.07) is 10.2. The van der Waals surface area contributed by atoms with Gasteiger partial charge in [-0.3, -0.25) is 10.1 Å². The van der Waals surface area contributed by atoms with Crippen molar-refractivity contribution in [1.82, 2.24) is 5.32 Å². The molecule has 0 saturated heterocycles. The molecule has 132 valence electrons. The van der Waals surface area contributed by atoms with Crippen LogP contribution in [0.15, 0.2) is 47.4 Å². The van der Waals surface area contributed by atoms with Gasteiger partial charge in [0.15, 0.2) is 5.11 Å². The van der Waals surface area contributed by atoms with Gasteiger partial charge in [-0.15, -0.1) is 0 Å². The van der Waals surface area contributed by atoms with Crippen molar-refractivity contribution in [2.24, 2.45) is 5.14 Å². The van der Waals surface area contributed by atoms with Crippen molar-refractivity contribution < 1.29 is 17.9 Å². The maximum absolute atomic E-state index is 12.1. The number of methoxy groups -OCH3 is 1. The summed E-state index contributed by atoms with van der Waals surface area (Å²) in [6.45, 7) is 0. The van der Waals surface area contributed by atoms with Crippen LogP contribution in [-0.4, -0.2) is 26.5 Å². The Morgan fingerprint density at radius 1 is 1.20 bits per heavy atom. The number of amides is 1. The topological polar surface area (TPSA) is 111 Å². The number of hydrogen-bond donors (Lipinski definition) is 3. The number of thiocarbonyl (C=S) groups is 1. The number of nitrogens with two attached hydrogens (primary N) is 1. The average Bonchev–Trinajstić information content (AvgIpc) is 2.54. The minimum atomic E-state index is -3.77. The van der Waals surface area contributed by atoms with E-state index in [-0.39, 0.29) is 10.0 Å². The number of primary sulfonamides is 1. The molecule has 0 saturated carbocycles. The monoisotopic (exact) mass is 399 g/mol. The molecule has 0 aliphatic rings. The van der Waals surface area contributed by atoms with E-state index >= 15 is 0 Å². The van der Waals surface area contributed by atoms with E-state index in [1.165, 1.54) is 37.4 Å². The third-order valence-corrected chi connectivity index (χ3v) is 4.51. The number of anilines is 1. The van der Waals surface area contributed by atoms with E-state index in [9.17, 15) is 13.2 Å². The van der Waals surface area contributed by atoms with Crippen LogP contribution in [0.2, 0.25) is 5.02 Å². The number of nitrogens with one attached hydrogen (secondary N) is 2. The zero-order valence-corrected chi connectivity index (χ0v) is 15.3. The van der Waals surface area contributed by atoms with Crippen LogP contribution in [0.4, 0.5) is 5.69 Å². The maximum atomic E-state index is 12.1. The fourth-order valence-corrected chi connectivity index (χ4v) is 2.86. The van der Waals surface area contributed by atoms with Crippen LogP contribution in [-0.2, 0) is 10.0 Å². The summed E-state index contributed by atoms with van der Waals surface area (Å²) < 4.78 is 27.4. The predicted octanol–water partition coefficient (Wildman–Crippen LogP) is 2.12. The van der Waals surface area contributed by atoms with Gasteiger partial charge in [-0.05, 0) is 54.7 Å². The summed E-state index contributed by atoms with van der Waals surface area (Å²) in [5.74, 6) is -0.00271. The summed E-state index contributed by atoms with van der Waals surface area (Å²) >= 11 is 11.0. The molecule has 0 bridgehead atoms. The van der Waals surface area contributed by atoms with Crippen LogP contribution in [0.3, 0.4) is 0 Å². The first-order valence-corrected chi connectivity index (χ1v) is 9.12. The second-order valence-corrected chi connectivity index (χ2v) is 7.20. The number of carbonyl (C=O) groups excluding carboxylic acids is 1. The first-order chi connectivity index (χ1) is 11.7. The third kappa shape index (κ3) is 5.13. The Morgan fingerprint density at radius 2 is 1.84 bits per heavy atom. The van der Waals surface area contributed by atoms with Gasteiger partial charge in [0.2, 0.25) is 10.0 Å². The summed E-state index contributed by atoms with van der Waals surface area (Å²) in [5, 5.41) is 10.6. The molecule has 0 heterocycles. The molecule has 4 N–H and O–H groups in total. The number of hydrogen-bond acceptors (Lipinski definition) is 5. The highest BCUT2D eigenvalue weighted by Crippen LogP contribution is 2.24. The molecule has 0 unspecified atom stereocenters. The highest BCUT2D eigenvalue weighted by molar-refractivity contribution is 7.89. The van der Waals surface area contributed by atoms with E-state index < -0.39 is 15.9 Å². The lowest BCUT2D eigenvalue weighted by Gasteiger charge is -2.11. The van der Waals surface area contributed by atoms with E-state index in [0.29, 0.717) is 22.0 Å². The maximum Gasteiger partial charge on any atom is 0.257 e. The number of carbonyl (C=O) groups is 1. The van der Waals surface area contributed by atoms with Gasteiger partial charge >= 0.3 is 0 Å². The molecule has 1 amide bonds. The molecule has 0 aliphatic heterocycles. The minimum Gasteiger partial charge on any atom is -0.495 e. The number of benzene rings is 2. The van der Waals surface area contributed by atoms with Crippen LogP contribution in [0.5, 0.6) is 5.75 Å². The normalized spacial score (nSPS) is 10.8. The fraction of sp³-hybridized carbons (Fsp3) is 0.0667. The average molecular weight is 400 g/mol. The summed E-state index contributed by atoms with van der Waals surface area (Å²) in [5.41, 5.74) is 0.796. The molecule has 10 heteroatoms. The van der Waals surface area contributed by atoms with Gasteiger partial charge < -0.3 is 10.1 Å². The summed E-state index contributed by atoms with van der Waals surface area (Å²) in [7, 11) is -2.29. The van der Waals surface area contributed by atoms with Gasteiger partial charge in [-0.2, -0.15) is 0 Å². The number of halogens is 1. The van der Waals surface area contributed by atoms with E-state index in [4.69, 9.17) is 33.7 Å². The quantitative estimate of drug-likeness (QED) is 0.679. The van der Waals surface area contributed by atoms with Gasteiger partial charge in [-0.25, -0.2) is 13.6 Å². The van der Waals surface area contributed by atoms with Crippen LogP contribution in [0.1, 0.15) is 10.4 Å². The first kappa shape index (κ1) is 19.1. The lowest BCUT2D eigenvalue weighted by atomic mass is 10.2. The van der Waals surface area contributed by atoms with Gasteiger partial charge in [-0.1, -0.05) is 11.6 Å². The molecular weight excluding hydrogens is 386 g/mol. The zero-order valence-electron chi connectivity index (χ0n) is 12.9. The largest absolute Gasteiger partial charge is 0.495 e. The molecule has 0 fully saturated rings. The van der Waals surface area contributed by atoms with Crippen molar-refractivity contribution in [1.29, 1.82) is 0 Å². The van der Waals surface area contributed by atoms with E-state index in [1.54, 1.807) is 12.1 Å². The lowest BCUT2D eigenvalue weighted by molar-refractivity contribution is 0.0977. The van der Waals surface area contributed by atoms with Crippen molar-refractivity contribution in [2.75, 3.05) is 12.4 Å². The van der Waals surface area contributed by atoms with Crippen molar-refractivity contribution >= 4 is 50.5 Å². The van der Waals surface area contributed by atoms with Crippen LogP contribution in [0.25, 0.3) is 0 Å². The molecule has 25 heavy (non-hydrogen) atoms. The second-order valence-electron chi connectivity index (χ2n) is 4.83. The molecule has 0 radical (unpaired) electrons. The van der Waals surface area contributed by atoms with Crippen LogP contribution >= 0.6 is 23.8 Å². The van der Waals surface area contributed by atoms with Gasteiger partial charge in [0.1, 0.15) is 5.75 Å². The fourth-order valence-electron chi connectivity index (χ4n) is 1.87. The molecule has 0 aromatic heterocycles. The SMILES string of the molecule is COc1ccc(C(=O)NC(=S)Nc2ccc(S(N)(=O)=O)cc2)cc1Cl. The Labute approximate surface area is 155 Å². The van der Waals surface area contributed by atoms with Crippen molar-refractivity contribution in [3.8, 4) is 5.75 Å². The number of ether oxygens (including phenoxy) is 1. The molecule has 0 atom stereocenters. The summed E-state index contributed by atoms with van der Waals surface area (Å²) in [4.78, 5) is 12.1. The van der Waals surface area contributed by atoms with Crippen molar-refractivity contribution in [2.45, 2.75) is 4.90 Å². The highest BCUT2D eigenvalue weighted by atomic mass is 35.5. The van der Waals surface area contributed by atoms with Crippen LogP contribution < -0.4 is 20.5 Å². The van der Waals surface area contributed by atoms with E-state index in [1.807, 2.05) is 0 Å². The van der Waals surface area contributed by atoms with Gasteiger partial charge in [0.05, 0.1) is 17.0 Å². The highest BCUT2D eigenvalue weighted by Gasteiger charge is 2.11. The van der Waals surface area contributed by atoms with Crippen molar-refractivity contribution in [3.05, 3.63) is 53.1 Å². The minimum absolute atomic E-state index is 0.0270. The molecule has 0 spiro atoms. The molecule has 2 rings (SSSR count). The molecule has 0 aliphatic carbocycles. The predicted molar refractivity (Wildman–Crippen MR) is 99.5 cm³/mol. The second kappa shape index (κ2) is 7.79. The molecule has 7 nitrogen and oxygen atoms in total. The van der Waals surface area contributed by atoms with Gasteiger partial charge in [0, 0.05) is 11.3 Å².